The summed E-state index contributed by atoms with van der Waals surface area (Å²) in [6.45, 7) is 2.98. The lowest BCUT2D eigenvalue weighted by Crippen LogP contribution is -2.21. The summed E-state index contributed by atoms with van der Waals surface area (Å²) < 4.78 is 5.65. The van der Waals surface area contributed by atoms with Gasteiger partial charge in [-0.15, -0.1) is 0 Å². The standard InChI is InChI=1S/C11H14O/c1-2-11-7-9-5-3-4-6-10(9)8-12-11/h3-6,11H,2,7-8H2,1H3/t11-/m1/s1. The van der Waals surface area contributed by atoms with E-state index in [1.165, 1.54) is 11.1 Å². The van der Waals surface area contributed by atoms with Crippen LogP contribution in [0.15, 0.2) is 24.3 Å². The highest BCUT2D eigenvalue weighted by atomic mass is 16.5. The highest BCUT2D eigenvalue weighted by Crippen LogP contribution is 2.21. The summed E-state index contributed by atoms with van der Waals surface area (Å²) in [6, 6.07) is 8.55. The molecule has 1 aliphatic rings. The van der Waals surface area contributed by atoms with E-state index in [-0.39, 0.29) is 0 Å². The molecule has 0 saturated carbocycles. The first-order chi connectivity index (χ1) is 5.90. The molecule has 1 aliphatic heterocycles. The third-order valence-electron chi connectivity index (χ3n) is 2.50. The molecule has 1 atom stereocenters. The maximum atomic E-state index is 5.65. The zero-order valence-corrected chi connectivity index (χ0v) is 7.42. The van der Waals surface area contributed by atoms with E-state index in [0.717, 1.165) is 19.4 Å². The van der Waals surface area contributed by atoms with Crippen molar-refractivity contribution in [1.82, 2.24) is 0 Å². The van der Waals surface area contributed by atoms with Crippen LogP contribution in [0.2, 0.25) is 0 Å². The van der Waals surface area contributed by atoms with Crippen LogP contribution >= 0.6 is 0 Å². The molecular weight excluding hydrogens is 148 g/mol. The molecule has 0 spiro atoms. The number of benzene rings is 1. The molecule has 0 unspecified atom stereocenters. The van der Waals surface area contributed by atoms with E-state index in [9.17, 15) is 0 Å². The van der Waals surface area contributed by atoms with Gasteiger partial charge in [0.15, 0.2) is 0 Å². The minimum atomic E-state index is 0.444. The number of hydrogen-bond acceptors (Lipinski definition) is 1. The Balaban J connectivity index is 2.23. The number of fused-ring (bicyclic) bond motifs is 1. The topological polar surface area (TPSA) is 9.23 Å². The highest BCUT2D eigenvalue weighted by molar-refractivity contribution is 5.28. The summed E-state index contributed by atoms with van der Waals surface area (Å²) in [5.74, 6) is 0. The molecule has 1 heterocycles. The van der Waals surface area contributed by atoms with E-state index in [2.05, 4.69) is 31.2 Å². The summed E-state index contributed by atoms with van der Waals surface area (Å²) in [5, 5.41) is 0. The predicted octanol–water partition coefficient (Wildman–Crippen LogP) is 2.54. The second kappa shape index (κ2) is 3.28. The first kappa shape index (κ1) is 7.81. The molecule has 1 heteroatoms. The van der Waals surface area contributed by atoms with Gasteiger partial charge in [0.05, 0.1) is 12.7 Å². The van der Waals surface area contributed by atoms with Crippen molar-refractivity contribution in [2.24, 2.45) is 0 Å². The van der Waals surface area contributed by atoms with E-state index in [1.54, 1.807) is 0 Å². The van der Waals surface area contributed by atoms with Crippen molar-refractivity contribution < 1.29 is 4.74 Å². The Morgan fingerprint density at radius 1 is 1.33 bits per heavy atom. The van der Waals surface area contributed by atoms with Crippen LogP contribution in [-0.4, -0.2) is 6.10 Å². The number of ether oxygens (including phenoxy) is 1. The largest absolute Gasteiger partial charge is 0.373 e. The summed E-state index contributed by atoms with van der Waals surface area (Å²) in [5.41, 5.74) is 2.83. The number of rotatable bonds is 1. The van der Waals surface area contributed by atoms with Crippen LogP contribution in [-0.2, 0) is 17.8 Å². The molecule has 64 valence electrons. The van der Waals surface area contributed by atoms with Gasteiger partial charge in [0, 0.05) is 0 Å². The number of hydrogen-bond donors (Lipinski definition) is 0. The minimum Gasteiger partial charge on any atom is -0.373 e. The van der Waals surface area contributed by atoms with Crippen LogP contribution in [0.1, 0.15) is 24.5 Å². The zero-order valence-electron chi connectivity index (χ0n) is 7.42. The van der Waals surface area contributed by atoms with E-state index < -0.39 is 0 Å². The van der Waals surface area contributed by atoms with Gasteiger partial charge in [0.1, 0.15) is 0 Å². The maximum Gasteiger partial charge on any atom is 0.0723 e. The van der Waals surface area contributed by atoms with Gasteiger partial charge >= 0.3 is 0 Å². The molecule has 1 aromatic carbocycles. The molecule has 0 bridgehead atoms. The van der Waals surface area contributed by atoms with Crippen LogP contribution in [0.5, 0.6) is 0 Å². The van der Waals surface area contributed by atoms with Gasteiger partial charge in [-0.1, -0.05) is 31.2 Å². The van der Waals surface area contributed by atoms with E-state index >= 15 is 0 Å². The lowest BCUT2D eigenvalue weighted by atomic mass is 9.98. The van der Waals surface area contributed by atoms with Gasteiger partial charge in [-0.05, 0) is 24.0 Å². The summed E-state index contributed by atoms with van der Waals surface area (Å²) in [7, 11) is 0. The molecular formula is C11H14O. The average Bonchev–Trinajstić information content (AvgIpc) is 2.17. The Morgan fingerprint density at radius 3 is 2.83 bits per heavy atom. The minimum absolute atomic E-state index is 0.444. The van der Waals surface area contributed by atoms with E-state index in [0.29, 0.717) is 6.10 Å². The predicted molar refractivity (Wildman–Crippen MR) is 49.0 cm³/mol. The molecule has 0 fully saturated rings. The first-order valence-corrected chi connectivity index (χ1v) is 4.58. The molecule has 0 amide bonds. The van der Waals surface area contributed by atoms with Gasteiger partial charge < -0.3 is 4.74 Å². The van der Waals surface area contributed by atoms with E-state index in [4.69, 9.17) is 4.74 Å². The van der Waals surface area contributed by atoms with Gasteiger partial charge in [0.25, 0.3) is 0 Å². The maximum absolute atomic E-state index is 5.65. The van der Waals surface area contributed by atoms with Crippen LogP contribution in [0.25, 0.3) is 0 Å². The van der Waals surface area contributed by atoms with Crippen molar-refractivity contribution in [3.05, 3.63) is 35.4 Å². The summed E-state index contributed by atoms with van der Waals surface area (Å²) in [6.07, 6.45) is 2.65. The lowest BCUT2D eigenvalue weighted by Gasteiger charge is -2.23. The van der Waals surface area contributed by atoms with Crippen molar-refractivity contribution >= 4 is 0 Å². The van der Waals surface area contributed by atoms with Crippen LogP contribution in [0.3, 0.4) is 0 Å². The first-order valence-electron chi connectivity index (χ1n) is 4.58. The second-order valence-electron chi connectivity index (χ2n) is 3.31. The van der Waals surface area contributed by atoms with Crippen molar-refractivity contribution in [1.29, 1.82) is 0 Å². The Labute approximate surface area is 73.4 Å². The Bertz CT molecular complexity index is 267. The lowest BCUT2D eigenvalue weighted by molar-refractivity contribution is 0.0264. The fourth-order valence-corrected chi connectivity index (χ4v) is 1.67. The van der Waals surface area contributed by atoms with Crippen molar-refractivity contribution in [3.63, 3.8) is 0 Å². The molecule has 1 aromatic rings. The molecule has 0 radical (unpaired) electrons. The van der Waals surface area contributed by atoms with Gasteiger partial charge in [-0.3, -0.25) is 0 Å². The highest BCUT2D eigenvalue weighted by Gasteiger charge is 2.16. The molecule has 12 heavy (non-hydrogen) atoms. The van der Waals surface area contributed by atoms with Crippen molar-refractivity contribution in [3.8, 4) is 0 Å². The van der Waals surface area contributed by atoms with Crippen LogP contribution < -0.4 is 0 Å². The van der Waals surface area contributed by atoms with Crippen LogP contribution in [0, 0.1) is 0 Å². The molecule has 0 aromatic heterocycles. The van der Waals surface area contributed by atoms with E-state index in [1.807, 2.05) is 0 Å². The summed E-state index contributed by atoms with van der Waals surface area (Å²) in [4.78, 5) is 0. The molecule has 0 aliphatic carbocycles. The molecule has 2 rings (SSSR count). The Hall–Kier alpha value is -0.820. The van der Waals surface area contributed by atoms with Crippen molar-refractivity contribution in [2.45, 2.75) is 32.5 Å². The average molecular weight is 162 g/mol. The third kappa shape index (κ3) is 1.37. The smallest absolute Gasteiger partial charge is 0.0723 e. The van der Waals surface area contributed by atoms with Crippen LogP contribution in [0.4, 0.5) is 0 Å². The second-order valence-corrected chi connectivity index (χ2v) is 3.31. The van der Waals surface area contributed by atoms with Gasteiger partial charge in [-0.2, -0.15) is 0 Å². The van der Waals surface area contributed by atoms with Crippen molar-refractivity contribution in [2.75, 3.05) is 0 Å². The third-order valence-corrected chi connectivity index (χ3v) is 2.50. The van der Waals surface area contributed by atoms with Gasteiger partial charge in [0.2, 0.25) is 0 Å². The van der Waals surface area contributed by atoms with Gasteiger partial charge in [-0.25, -0.2) is 0 Å². The fraction of sp³-hybridized carbons (Fsp3) is 0.455. The molecule has 0 N–H and O–H groups in total. The monoisotopic (exact) mass is 162 g/mol. The normalized spacial score (nSPS) is 21.9. The quantitative estimate of drug-likeness (QED) is 0.616. The molecule has 1 nitrogen and oxygen atoms in total. The Morgan fingerprint density at radius 2 is 2.08 bits per heavy atom. The summed E-state index contributed by atoms with van der Waals surface area (Å²) >= 11 is 0. The SMILES string of the molecule is CC[C@@H]1Cc2ccccc2CO1. The Kier molecular flexibility index (Phi) is 2.13. The molecule has 0 saturated heterocycles. The zero-order chi connectivity index (χ0) is 8.39. The fourth-order valence-electron chi connectivity index (χ4n) is 1.67.